The molecule has 0 saturated carbocycles. The summed E-state index contributed by atoms with van der Waals surface area (Å²) in [5.41, 5.74) is 1.57. The molecule has 5 nitrogen and oxygen atoms in total. The Morgan fingerprint density at radius 1 is 1.27 bits per heavy atom. The van der Waals surface area contributed by atoms with Gasteiger partial charge in [-0.2, -0.15) is 0 Å². The molecule has 2 aromatic rings. The van der Waals surface area contributed by atoms with Crippen LogP contribution in [0.4, 0.5) is 4.79 Å². The molecule has 5 heteroatoms. The smallest absolute Gasteiger partial charge is 0.408 e. The zero-order valence-corrected chi connectivity index (χ0v) is 13.8. The van der Waals surface area contributed by atoms with Crippen molar-refractivity contribution in [3.05, 3.63) is 48.0 Å². The quantitative estimate of drug-likeness (QED) is 0.939. The minimum atomic E-state index is -0.493. The van der Waals surface area contributed by atoms with Crippen LogP contribution in [0.2, 0.25) is 0 Å². The first-order valence-corrected chi connectivity index (χ1v) is 7.36. The van der Waals surface area contributed by atoms with Crippen LogP contribution < -0.4 is 5.32 Å². The topological polar surface area (TPSA) is 56.2 Å². The van der Waals surface area contributed by atoms with Crippen molar-refractivity contribution in [2.75, 3.05) is 0 Å². The van der Waals surface area contributed by atoms with Gasteiger partial charge >= 0.3 is 6.09 Å². The molecule has 0 aliphatic heterocycles. The summed E-state index contributed by atoms with van der Waals surface area (Å²) in [7, 11) is 0. The molecule has 2 rings (SSSR count). The lowest BCUT2D eigenvalue weighted by Crippen LogP contribution is -2.34. The number of amides is 1. The number of hydrogen-bond donors (Lipinski definition) is 1. The molecule has 0 unspecified atom stereocenters. The number of hydrogen-bond acceptors (Lipinski definition) is 3. The highest BCUT2D eigenvalue weighted by Gasteiger charge is 2.18. The summed E-state index contributed by atoms with van der Waals surface area (Å²) in [5, 5.41) is 2.84. The van der Waals surface area contributed by atoms with Gasteiger partial charge in [0.2, 0.25) is 0 Å². The largest absolute Gasteiger partial charge is 0.444 e. The Bertz CT molecular complexity index is 639. The van der Waals surface area contributed by atoms with Crippen LogP contribution in [0.25, 0.3) is 5.69 Å². The van der Waals surface area contributed by atoms with Gasteiger partial charge in [0.1, 0.15) is 11.4 Å². The number of ether oxygens (including phenoxy) is 1. The summed E-state index contributed by atoms with van der Waals surface area (Å²) in [5.74, 6) is 0.938. The van der Waals surface area contributed by atoms with Gasteiger partial charge in [0.05, 0.1) is 6.04 Å². The molecule has 1 amide bonds. The minimum Gasteiger partial charge on any atom is -0.444 e. The van der Waals surface area contributed by atoms with E-state index in [2.05, 4.69) is 10.3 Å². The maximum atomic E-state index is 11.8. The molecule has 0 aliphatic rings. The van der Waals surface area contributed by atoms with Crippen LogP contribution in [-0.4, -0.2) is 21.2 Å². The third-order valence-corrected chi connectivity index (χ3v) is 3.23. The number of aryl methyl sites for hydroxylation is 1. The van der Waals surface area contributed by atoms with Crippen LogP contribution in [0, 0.1) is 6.92 Å². The van der Waals surface area contributed by atoms with Crippen molar-refractivity contribution in [2.45, 2.75) is 46.3 Å². The van der Waals surface area contributed by atoms with Crippen LogP contribution in [0.1, 0.15) is 45.1 Å². The lowest BCUT2D eigenvalue weighted by Gasteiger charge is -2.22. The van der Waals surface area contributed by atoms with Gasteiger partial charge in [0, 0.05) is 18.1 Å². The molecule has 0 bridgehead atoms. The molecule has 118 valence electrons. The van der Waals surface area contributed by atoms with E-state index in [1.54, 1.807) is 6.20 Å². The predicted octanol–water partition coefficient (Wildman–Crippen LogP) is 3.77. The van der Waals surface area contributed by atoms with Gasteiger partial charge in [-0.15, -0.1) is 0 Å². The van der Waals surface area contributed by atoms with Gasteiger partial charge in [-0.05, 0) is 52.3 Å². The molecule has 1 aromatic carbocycles. The zero-order valence-electron chi connectivity index (χ0n) is 13.8. The lowest BCUT2D eigenvalue weighted by atomic mass is 10.1. The summed E-state index contributed by atoms with van der Waals surface area (Å²) in [6.07, 6.45) is 3.29. The first-order valence-electron chi connectivity index (χ1n) is 7.36. The molecule has 0 fully saturated rings. The normalized spacial score (nSPS) is 12.8. The third kappa shape index (κ3) is 4.10. The minimum absolute atomic E-state index is 0.118. The second-order valence-corrected chi connectivity index (χ2v) is 6.30. The Kier molecular flexibility index (Phi) is 4.54. The second kappa shape index (κ2) is 6.22. The van der Waals surface area contributed by atoms with Gasteiger partial charge < -0.3 is 14.6 Å². The standard InChI is InChI=1S/C17H23N3O2/c1-12(19-16(21)22-17(3,4)5)14-6-8-15(9-7-14)20-11-10-18-13(20)2/h6-12H,1-5H3,(H,19,21)/t12-/m0/s1. The summed E-state index contributed by atoms with van der Waals surface area (Å²) in [6.45, 7) is 9.43. The number of benzene rings is 1. The van der Waals surface area contributed by atoms with Crippen molar-refractivity contribution in [3.63, 3.8) is 0 Å². The molecule has 0 aliphatic carbocycles. The van der Waals surface area contributed by atoms with Crippen molar-refractivity contribution in [1.29, 1.82) is 0 Å². The zero-order chi connectivity index (χ0) is 16.3. The summed E-state index contributed by atoms with van der Waals surface area (Å²) in [4.78, 5) is 16.0. The molecular formula is C17H23N3O2. The van der Waals surface area contributed by atoms with E-state index in [1.807, 2.05) is 69.6 Å². The Labute approximate surface area is 131 Å². The van der Waals surface area contributed by atoms with Gasteiger partial charge in [-0.1, -0.05) is 12.1 Å². The average Bonchev–Trinajstić information content (AvgIpc) is 2.83. The number of alkyl carbamates (subject to hydrolysis) is 1. The Balaban J connectivity index is 2.04. The second-order valence-electron chi connectivity index (χ2n) is 6.30. The Morgan fingerprint density at radius 3 is 2.41 bits per heavy atom. The molecular weight excluding hydrogens is 278 g/mol. The number of carbonyl (C=O) groups is 1. The van der Waals surface area contributed by atoms with E-state index < -0.39 is 11.7 Å². The van der Waals surface area contributed by atoms with Gasteiger partial charge in [0.15, 0.2) is 0 Å². The average molecular weight is 301 g/mol. The van der Waals surface area contributed by atoms with Crippen LogP contribution in [0.5, 0.6) is 0 Å². The maximum absolute atomic E-state index is 11.8. The fraction of sp³-hybridized carbons (Fsp3) is 0.412. The van der Waals surface area contributed by atoms with Crippen molar-refractivity contribution in [2.24, 2.45) is 0 Å². The van der Waals surface area contributed by atoms with Crippen molar-refractivity contribution >= 4 is 6.09 Å². The molecule has 22 heavy (non-hydrogen) atoms. The van der Waals surface area contributed by atoms with Crippen molar-refractivity contribution in [1.82, 2.24) is 14.9 Å². The predicted molar refractivity (Wildman–Crippen MR) is 86.1 cm³/mol. The van der Waals surface area contributed by atoms with Gasteiger partial charge in [-0.25, -0.2) is 9.78 Å². The van der Waals surface area contributed by atoms with E-state index in [0.717, 1.165) is 17.1 Å². The highest BCUT2D eigenvalue weighted by molar-refractivity contribution is 5.68. The third-order valence-electron chi connectivity index (χ3n) is 3.23. The number of nitrogens with zero attached hydrogens (tertiary/aromatic N) is 2. The summed E-state index contributed by atoms with van der Waals surface area (Å²) < 4.78 is 7.28. The first kappa shape index (κ1) is 16.1. The number of imidazole rings is 1. The molecule has 1 N–H and O–H groups in total. The van der Waals surface area contributed by atoms with Crippen LogP contribution in [0.3, 0.4) is 0 Å². The van der Waals surface area contributed by atoms with E-state index in [4.69, 9.17) is 4.74 Å². The van der Waals surface area contributed by atoms with Crippen LogP contribution in [-0.2, 0) is 4.74 Å². The van der Waals surface area contributed by atoms with Crippen molar-refractivity contribution < 1.29 is 9.53 Å². The van der Waals surface area contributed by atoms with E-state index in [0.29, 0.717) is 0 Å². The fourth-order valence-electron chi connectivity index (χ4n) is 2.14. The molecule has 0 saturated heterocycles. The first-order chi connectivity index (χ1) is 10.3. The lowest BCUT2D eigenvalue weighted by molar-refractivity contribution is 0.0508. The molecule has 1 aromatic heterocycles. The van der Waals surface area contributed by atoms with Crippen LogP contribution in [0.15, 0.2) is 36.7 Å². The van der Waals surface area contributed by atoms with E-state index in [-0.39, 0.29) is 6.04 Å². The summed E-state index contributed by atoms with van der Waals surface area (Å²) in [6, 6.07) is 7.90. The summed E-state index contributed by atoms with van der Waals surface area (Å²) >= 11 is 0. The van der Waals surface area contributed by atoms with Gasteiger partial charge in [0.25, 0.3) is 0 Å². The van der Waals surface area contributed by atoms with Crippen molar-refractivity contribution in [3.8, 4) is 5.69 Å². The molecule has 0 spiro atoms. The highest BCUT2D eigenvalue weighted by Crippen LogP contribution is 2.17. The molecule has 1 heterocycles. The Morgan fingerprint density at radius 2 is 1.91 bits per heavy atom. The Hall–Kier alpha value is -2.30. The number of carbonyl (C=O) groups excluding carboxylic acids is 1. The maximum Gasteiger partial charge on any atom is 0.408 e. The number of rotatable bonds is 3. The number of aromatic nitrogens is 2. The number of nitrogens with one attached hydrogen (secondary N) is 1. The monoisotopic (exact) mass is 301 g/mol. The van der Waals surface area contributed by atoms with Crippen LogP contribution >= 0.6 is 0 Å². The molecule has 1 atom stereocenters. The van der Waals surface area contributed by atoms with E-state index in [1.165, 1.54) is 0 Å². The highest BCUT2D eigenvalue weighted by atomic mass is 16.6. The van der Waals surface area contributed by atoms with E-state index in [9.17, 15) is 4.79 Å². The van der Waals surface area contributed by atoms with E-state index >= 15 is 0 Å². The fourth-order valence-corrected chi connectivity index (χ4v) is 2.14. The van der Waals surface area contributed by atoms with Gasteiger partial charge in [-0.3, -0.25) is 0 Å². The SMILES string of the molecule is Cc1nccn1-c1ccc([C@H](C)NC(=O)OC(C)(C)C)cc1. The molecule has 0 radical (unpaired) electrons.